The lowest BCUT2D eigenvalue weighted by molar-refractivity contribution is 0.0747. The van der Waals surface area contributed by atoms with E-state index in [-0.39, 0.29) is 12.8 Å². The van der Waals surface area contributed by atoms with E-state index < -0.39 is 0 Å². The van der Waals surface area contributed by atoms with Crippen molar-refractivity contribution in [3.05, 3.63) is 18.2 Å². The fourth-order valence-corrected chi connectivity index (χ4v) is 3.61. The normalized spacial score (nSPS) is 23.5. The Labute approximate surface area is 147 Å². The average molecular weight is 347 g/mol. The van der Waals surface area contributed by atoms with Gasteiger partial charge < -0.3 is 24.4 Å². The number of hydrogen-bond donors (Lipinski definition) is 1. The summed E-state index contributed by atoms with van der Waals surface area (Å²) >= 11 is 0. The Bertz CT molecular complexity index is 618. The van der Waals surface area contributed by atoms with Gasteiger partial charge in [0.15, 0.2) is 11.5 Å². The van der Waals surface area contributed by atoms with Gasteiger partial charge in [0.2, 0.25) is 6.79 Å². The number of carbonyl (C=O) groups excluding carboxylic acids is 1. The Morgan fingerprint density at radius 1 is 1.12 bits per heavy atom. The van der Waals surface area contributed by atoms with Crippen LogP contribution >= 0.6 is 0 Å². The summed E-state index contributed by atoms with van der Waals surface area (Å²) in [6, 6.07) is 5.41. The molecule has 25 heavy (non-hydrogen) atoms. The predicted molar refractivity (Wildman–Crippen MR) is 93.2 cm³/mol. The standard InChI is InChI=1S/C18H25N3O4/c22-18(19-14-4-5-16-17(11-14)25-13-24-16)21-7-2-6-20(8-9-21)12-15-3-1-10-23-15/h4-5,11,15H,1-3,6-10,12-13H2,(H,19,22). The molecule has 1 atom stereocenters. The largest absolute Gasteiger partial charge is 0.454 e. The summed E-state index contributed by atoms with van der Waals surface area (Å²) in [6.45, 7) is 5.54. The third-order valence-electron chi connectivity index (χ3n) is 4.99. The van der Waals surface area contributed by atoms with Crippen LogP contribution in [0.15, 0.2) is 18.2 Å². The van der Waals surface area contributed by atoms with Crippen LogP contribution in [0.1, 0.15) is 19.3 Å². The molecule has 3 aliphatic rings. The summed E-state index contributed by atoms with van der Waals surface area (Å²) in [5.41, 5.74) is 0.731. The molecular formula is C18H25N3O4. The van der Waals surface area contributed by atoms with E-state index in [1.807, 2.05) is 23.1 Å². The van der Waals surface area contributed by atoms with Gasteiger partial charge in [-0.3, -0.25) is 4.90 Å². The minimum absolute atomic E-state index is 0.0576. The highest BCUT2D eigenvalue weighted by molar-refractivity contribution is 5.89. The molecule has 0 aliphatic carbocycles. The number of nitrogens with one attached hydrogen (secondary N) is 1. The summed E-state index contributed by atoms with van der Waals surface area (Å²) in [5, 5.41) is 2.97. The SMILES string of the molecule is O=C(Nc1ccc2c(c1)OCO2)N1CCCN(CC2CCCO2)CC1. The number of hydrogen-bond acceptors (Lipinski definition) is 5. The maximum Gasteiger partial charge on any atom is 0.321 e. The minimum atomic E-state index is -0.0576. The minimum Gasteiger partial charge on any atom is -0.454 e. The van der Waals surface area contributed by atoms with Crippen molar-refractivity contribution in [2.75, 3.05) is 51.4 Å². The van der Waals surface area contributed by atoms with Crippen LogP contribution in [0.2, 0.25) is 0 Å². The Morgan fingerprint density at radius 3 is 2.92 bits per heavy atom. The zero-order chi connectivity index (χ0) is 17.1. The zero-order valence-electron chi connectivity index (χ0n) is 14.4. The molecule has 1 aromatic carbocycles. The molecular weight excluding hydrogens is 322 g/mol. The summed E-state index contributed by atoms with van der Waals surface area (Å²) in [4.78, 5) is 16.9. The van der Waals surface area contributed by atoms with E-state index in [1.54, 1.807) is 0 Å². The summed E-state index contributed by atoms with van der Waals surface area (Å²) in [7, 11) is 0. The molecule has 7 nitrogen and oxygen atoms in total. The maximum absolute atomic E-state index is 12.6. The highest BCUT2D eigenvalue weighted by Gasteiger charge is 2.23. The summed E-state index contributed by atoms with van der Waals surface area (Å²) in [6.07, 6.45) is 3.68. The molecule has 0 radical (unpaired) electrons. The van der Waals surface area contributed by atoms with Crippen molar-refractivity contribution < 1.29 is 19.0 Å². The van der Waals surface area contributed by atoms with Crippen molar-refractivity contribution >= 4 is 11.7 Å². The molecule has 1 aromatic rings. The van der Waals surface area contributed by atoms with Crippen LogP contribution in [0.4, 0.5) is 10.5 Å². The number of nitrogens with zero attached hydrogens (tertiary/aromatic N) is 2. The fourth-order valence-electron chi connectivity index (χ4n) is 3.61. The van der Waals surface area contributed by atoms with Gasteiger partial charge in [-0.2, -0.15) is 0 Å². The number of amides is 2. The van der Waals surface area contributed by atoms with Crippen molar-refractivity contribution in [2.45, 2.75) is 25.4 Å². The molecule has 136 valence electrons. The van der Waals surface area contributed by atoms with Crippen LogP contribution in [-0.4, -0.2) is 68.1 Å². The van der Waals surface area contributed by atoms with Gasteiger partial charge in [0.1, 0.15) is 0 Å². The van der Waals surface area contributed by atoms with Crippen LogP contribution in [0.3, 0.4) is 0 Å². The van der Waals surface area contributed by atoms with Crippen LogP contribution in [0.25, 0.3) is 0 Å². The predicted octanol–water partition coefficient (Wildman–Crippen LogP) is 2.13. The van der Waals surface area contributed by atoms with Crippen molar-refractivity contribution in [3.63, 3.8) is 0 Å². The van der Waals surface area contributed by atoms with Gasteiger partial charge in [-0.15, -0.1) is 0 Å². The van der Waals surface area contributed by atoms with E-state index in [0.29, 0.717) is 11.9 Å². The van der Waals surface area contributed by atoms with Crippen LogP contribution in [0.5, 0.6) is 11.5 Å². The molecule has 1 N–H and O–H groups in total. The molecule has 0 saturated carbocycles. The van der Waals surface area contributed by atoms with E-state index >= 15 is 0 Å². The Kier molecular flexibility index (Phi) is 4.94. The molecule has 3 aliphatic heterocycles. The van der Waals surface area contributed by atoms with Gasteiger partial charge in [0.25, 0.3) is 0 Å². The van der Waals surface area contributed by atoms with E-state index in [9.17, 15) is 4.79 Å². The van der Waals surface area contributed by atoms with Crippen molar-refractivity contribution in [1.82, 2.24) is 9.80 Å². The van der Waals surface area contributed by atoms with Crippen molar-refractivity contribution in [2.24, 2.45) is 0 Å². The molecule has 1 unspecified atom stereocenters. The highest BCUT2D eigenvalue weighted by atomic mass is 16.7. The Balaban J connectivity index is 1.30. The Morgan fingerprint density at radius 2 is 2.04 bits per heavy atom. The van der Waals surface area contributed by atoms with E-state index in [2.05, 4.69) is 10.2 Å². The zero-order valence-corrected chi connectivity index (χ0v) is 14.4. The lowest BCUT2D eigenvalue weighted by Gasteiger charge is -2.24. The number of urea groups is 1. The van der Waals surface area contributed by atoms with Crippen LogP contribution in [-0.2, 0) is 4.74 Å². The second-order valence-electron chi connectivity index (χ2n) is 6.77. The van der Waals surface area contributed by atoms with Gasteiger partial charge in [0, 0.05) is 44.5 Å². The van der Waals surface area contributed by atoms with Crippen molar-refractivity contribution in [1.29, 1.82) is 0 Å². The molecule has 0 bridgehead atoms. The molecule has 7 heteroatoms. The maximum atomic E-state index is 12.6. The number of anilines is 1. The lowest BCUT2D eigenvalue weighted by Crippen LogP contribution is -2.39. The van der Waals surface area contributed by atoms with Gasteiger partial charge in [0.05, 0.1) is 6.10 Å². The molecule has 2 fully saturated rings. The first-order valence-electron chi connectivity index (χ1n) is 9.07. The smallest absolute Gasteiger partial charge is 0.321 e. The third-order valence-corrected chi connectivity index (χ3v) is 4.99. The first-order chi connectivity index (χ1) is 12.3. The van der Waals surface area contributed by atoms with Crippen LogP contribution < -0.4 is 14.8 Å². The number of fused-ring (bicyclic) bond motifs is 1. The van der Waals surface area contributed by atoms with E-state index in [4.69, 9.17) is 14.2 Å². The third kappa shape index (κ3) is 3.99. The topological polar surface area (TPSA) is 63.3 Å². The molecule has 0 spiro atoms. The first-order valence-corrected chi connectivity index (χ1v) is 9.07. The van der Waals surface area contributed by atoms with Gasteiger partial charge in [-0.25, -0.2) is 4.79 Å². The second kappa shape index (κ2) is 7.49. The number of rotatable bonds is 3. The molecule has 0 aromatic heterocycles. The van der Waals surface area contributed by atoms with Gasteiger partial charge in [-0.1, -0.05) is 0 Å². The lowest BCUT2D eigenvalue weighted by atomic mass is 10.2. The fraction of sp³-hybridized carbons (Fsp3) is 0.611. The van der Waals surface area contributed by atoms with E-state index in [0.717, 1.165) is 63.6 Å². The Hall–Kier alpha value is -1.99. The van der Waals surface area contributed by atoms with Crippen LogP contribution in [0, 0.1) is 0 Å². The molecule has 2 saturated heterocycles. The number of carbonyl (C=O) groups is 1. The number of ether oxygens (including phenoxy) is 3. The van der Waals surface area contributed by atoms with E-state index in [1.165, 1.54) is 6.42 Å². The number of benzene rings is 1. The average Bonchev–Trinajstić information content (AvgIpc) is 3.23. The summed E-state index contributed by atoms with van der Waals surface area (Å²) < 4.78 is 16.4. The van der Waals surface area contributed by atoms with Gasteiger partial charge in [-0.05, 0) is 37.9 Å². The summed E-state index contributed by atoms with van der Waals surface area (Å²) in [5.74, 6) is 1.40. The quantitative estimate of drug-likeness (QED) is 0.908. The molecule has 2 amide bonds. The van der Waals surface area contributed by atoms with Crippen molar-refractivity contribution in [3.8, 4) is 11.5 Å². The first kappa shape index (κ1) is 16.5. The molecule has 3 heterocycles. The second-order valence-corrected chi connectivity index (χ2v) is 6.77. The highest BCUT2D eigenvalue weighted by Crippen LogP contribution is 2.34. The molecule has 4 rings (SSSR count). The monoisotopic (exact) mass is 347 g/mol. The van der Waals surface area contributed by atoms with Gasteiger partial charge >= 0.3 is 6.03 Å².